The summed E-state index contributed by atoms with van der Waals surface area (Å²) in [5.41, 5.74) is 1.93. The molecule has 0 bridgehead atoms. The van der Waals surface area contributed by atoms with Crippen molar-refractivity contribution in [1.82, 2.24) is 4.98 Å². The smallest absolute Gasteiger partial charge is 0.336 e. The lowest BCUT2D eigenvalue weighted by Gasteiger charge is -2.09. The lowest BCUT2D eigenvalue weighted by molar-refractivity contribution is 0.0699. The maximum atomic E-state index is 12.3. The Morgan fingerprint density at radius 3 is 2.42 bits per heavy atom. The fraction of sp³-hybridized carbons (Fsp3) is 0. The number of hydrogen-bond acceptors (Lipinski definition) is 2. The average Bonchev–Trinajstić information content (AvgIpc) is 2.61. The molecule has 0 atom stereocenters. The van der Waals surface area contributed by atoms with Crippen LogP contribution in [-0.4, -0.2) is 16.1 Å². The van der Waals surface area contributed by atoms with Gasteiger partial charge in [0.2, 0.25) is 0 Å². The molecule has 0 saturated heterocycles. The van der Waals surface area contributed by atoms with E-state index in [2.05, 4.69) is 4.98 Å². The summed E-state index contributed by atoms with van der Waals surface area (Å²) in [5, 5.41) is 11.8. The van der Waals surface area contributed by atoms with Crippen molar-refractivity contribution in [2.24, 2.45) is 0 Å². The quantitative estimate of drug-likeness (QED) is 0.548. The fourth-order valence-electron chi connectivity index (χ4n) is 3.10. The van der Waals surface area contributed by atoms with Crippen molar-refractivity contribution in [2.75, 3.05) is 0 Å². The molecule has 24 heavy (non-hydrogen) atoms. The summed E-state index contributed by atoms with van der Waals surface area (Å²) in [5.74, 6) is -1.00. The number of aromatic amines is 1. The Kier molecular flexibility index (Phi) is 3.17. The molecule has 0 fully saturated rings. The van der Waals surface area contributed by atoms with Gasteiger partial charge in [-0.05, 0) is 45.5 Å². The molecule has 0 aliphatic carbocycles. The summed E-state index contributed by atoms with van der Waals surface area (Å²) in [7, 11) is 0. The van der Waals surface area contributed by atoms with E-state index in [1.807, 2.05) is 42.5 Å². The van der Waals surface area contributed by atoms with Gasteiger partial charge < -0.3 is 10.1 Å². The summed E-state index contributed by atoms with van der Waals surface area (Å²) < 4.78 is 0. The number of nitrogens with one attached hydrogen (secondary N) is 1. The van der Waals surface area contributed by atoms with E-state index in [0.29, 0.717) is 21.5 Å². The van der Waals surface area contributed by atoms with Crippen LogP contribution in [0, 0.1) is 0 Å². The first-order valence-electron chi connectivity index (χ1n) is 7.52. The third-order valence-corrected chi connectivity index (χ3v) is 4.21. The molecule has 4 nitrogen and oxygen atoms in total. The lowest BCUT2D eigenvalue weighted by Crippen LogP contribution is -2.07. The van der Waals surface area contributed by atoms with Gasteiger partial charge in [0.05, 0.1) is 10.9 Å². The molecule has 0 saturated carbocycles. The molecule has 1 aromatic heterocycles. The predicted octanol–water partition coefficient (Wildman–Crippen LogP) is 4.05. The van der Waals surface area contributed by atoms with Gasteiger partial charge >= 0.3 is 5.97 Å². The highest BCUT2D eigenvalue weighted by molar-refractivity contribution is 6.16. The van der Waals surface area contributed by atoms with Crippen LogP contribution >= 0.6 is 0 Å². The number of benzene rings is 3. The molecular formula is C20H13NO3. The van der Waals surface area contributed by atoms with E-state index in [1.54, 1.807) is 18.2 Å². The van der Waals surface area contributed by atoms with Gasteiger partial charge in [0, 0.05) is 6.20 Å². The number of fused-ring (bicyclic) bond motifs is 3. The monoisotopic (exact) mass is 315 g/mol. The minimum atomic E-state index is -1.00. The zero-order chi connectivity index (χ0) is 16.7. The van der Waals surface area contributed by atoms with Gasteiger partial charge in [0.1, 0.15) is 0 Å². The molecule has 2 N–H and O–H groups in total. The number of carboxylic acid groups (broad SMARTS) is 1. The van der Waals surface area contributed by atoms with E-state index in [0.717, 1.165) is 11.1 Å². The number of rotatable bonds is 2. The Morgan fingerprint density at radius 1 is 0.875 bits per heavy atom. The van der Waals surface area contributed by atoms with Crippen molar-refractivity contribution in [3.8, 4) is 11.1 Å². The normalized spacial score (nSPS) is 11.0. The molecule has 1 heterocycles. The van der Waals surface area contributed by atoms with Crippen LogP contribution < -0.4 is 5.56 Å². The topological polar surface area (TPSA) is 70.2 Å². The predicted molar refractivity (Wildman–Crippen MR) is 94.5 cm³/mol. The van der Waals surface area contributed by atoms with E-state index >= 15 is 0 Å². The number of carboxylic acids is 1. The van der Waals surface area contributed by atoms with Crippen molar-refractivity contribution >= 4 is 27.5 Å². The van der Waals surface area contributed by atoms with Crippen LogP contribution in [0.25, 0.3) is 32.7 Å². The standard InChI is InChI=1S/C20H13NO3/c22-19-18-14(8-9-21-19)11-17(20(23)24)15-7-6-13(10-16(15)18)12-4-2-1-3-5-12/h1-11H,(H,21,22)(H,23,24). The zero-order valence-electron chi connectivity index (χ0n) is 12.6. The molecule has 0 unspecified atom stereocenters. The van der Waals surface area contributed by atoms with E-state index in [-0.39, 0.29) is 11.1 Å². The SMILES string of the molecule is O=C(O)c1cc2cc[nH]c(=O)c2c2cc(-c3ccccc3)ccc12. The van der Waals surface area contributed by atoms with Crippen LogP contribution in [0.1, 0.15) is 10.4 Å². The maximum Gasteiger partial charge on any atom is 0.336 e. The van der Waals surface area contributed by atoms with Gasteiger partial charge in [0.25, 0.3) is 5.56 Å². The maximum absolute atomic E-state index is 12.3. The van der Waals surface area contributed by atoms with E-state index in [9.17, 15) is 14.7 Å². The second-order valence-electron chi connectivity index (χ2n) is 5.63. The van der Waals surface area contributed by atoms with Gasteiger partial charge in [-0.15, -0.1) is 0 Å². The molecule has 4 aromatic rings. The van der Waals surface area contributed by atoms with Gasteiger partial charge in [-0.1, -0.05) is 42.5 Å². The van der Waals surface area contributed by atoms with Crippen LogP contribution in [0.2, 0.25) is 0 Å². The third-order valence-electron chi connectivity index (χ3n) is 4.21. The average molecular weight is 315 g/mol. The van der Waals surface area contributed by atoms with Crippen molar-refractivity contribution in [3.05, 3.63) is 82.8 Å². The number of pyridine rings is 1. The summed E-state index contributed by atoms with van der Waals surface area (Å²) in [4.78, 5) is 26.6. The number of aromatic carboxylic acids is 1. The van der Waals surface area contributed by atoms with Crippen molar-refractivity contribution < 1.29 is 9.90 Å². The van der Waals surface area contributed by atoms with Crippen LogP contribution in [0.3, 0.4) is 0 Å². The highest BCUT2D eigenvalue weighted by Gasteiger charge is 2.14. The lowest BCUT2D eigenvalue weighted by atomic mass is 9.94. The second kappa shape index (κ2) is 5.35. The van der Waals surface area contributed by atoms with Gasteiger partial charge in [-0.25, -0.2) is 4.79 Å². The Labute approximate surface area is 137 Å². The minimum absolute atomic E-state index is 0.197. The molecule has 4 heteroatoms. The summed E-state index contributed by atoms with van der Waals surface area (Å²) in [6.07, 6.45) is 1.53. The van der Waals surface area contributed by atoms with Crippen molar-refractivity contribution in [2.45, 2.75) is 0 Å². The molecule has 0 aliphatic rings. The Bertz CT molecular complexity index is 1140. The first-order chi connectivity index (χ1) is 11.6. The van der Waals surface area contributed by atoms with Crippen molar-refractivity contribution in [1.29, 1.82) is 0 Å². The molecule has 0 spiro atoms. The van der Waals surface area contributed by atoms with Crippen LogP contribution in [0.5, 0.6) is 0 Å². The summed E-state index contributed by atoms with van der Waals surface area (Å²) in [6.45, 7) is 0. The van der Waals surface area contributed by atoms with E-state index in [4.69, 9.17) is 0 Å². The Balaban J connectivity index is 2.17. The highest BCUT2D eigenvalue weighted by atomic mass is 16.4. The van der Waals surface area contributed by atoms with Crippen LogP contribution in [0.15, 0.2) is 71.7 Å². The van der Waals surface area contributed by atoms with Gasteiger partial charge in [-0.3, -0.25) is 4.79 Å². The van der Waals surface area contributed by atoms with Gasteiger partial charge in [0.15, 0.2) is 0 Å². The molecule has 0 radical (unpaired) electrons. The molecule has 3 aromatic carbocycles. The summed E-state index contributed by atoms with van der Waals surface area (Å²) in [6, 6.07) is 18.6. The Hall–Kier alpha value is -3.40. The molecule has 0 aliphatic heterocycles. The fourth-order valence-corrected chi connectivity index (χ4v) is 3.10. The molecule has 116 valence electrons. The first-order valence-corrected chi connectivity index (χ1v) is 7.52. The largest absolute Gasteiger partial charge is 0.478 e. The van der Waals surface area contributed by atoms with Crippen LogP contribution in [0.4, 0.5) is 0 Å². The number of hydrogen-bond donors (Lipinski definition) is 2. The number of aromatic nitrogens is 1. The number of carbonyl (C=O) groups is 1. The second-order valence-corrected chi connectivity index (χ2v) is 5.63. The number of H-pyrrole nitrogens is 1. The molecular weight excluding hydrogens is 302 g/mol. The summed E-state index contributed by atoms with van der Waals surface area (Å²) >= 11 is 0. The zero-order valence-corrected chi connectivity index (χ0v) is 12.6. The molecule has 0 amide bonds. The highest BCUT2D eigenvalue weighted by Crippen LogP contribution is 2.31. The van der Waals surface area contributed by atoms with Gasteiger partial charge in [-0.2, -0.15) is 0 Å². The van der Waals surface area contributed by atoms with E-state index in [1.165, 1.54) is 6.20 Å². The van der Waals surface area contributed by atoms with Crippen molar-refractivity contribution in [3.63, 3.8) is 0 Å². The minimum Gasteiger partial charge on any atom is -0.478 e. The van der Waals surface area contributed by atoms with E-state index < -0.39 is 5.97 Å². The Morgan fingerprint density at radius 2 is 1.67 bits per heavy atom. The third kappa shape index (κ3) is 2.16. The molecule has 4 rings (SSSR count). The van der Waals surface area contributed by atoms with Crippen LogP contribution in [-0.2, 0) is 0 Å². The first kappa shape index (κ1) is 14.2.